The average molecular weight is 213 g/mol. The third-order valence-electron chi connectivity index (χ3n) is 1.94. The van der Waals surface area contributed by atoms with Crippen molar-refractivity contribution in [1.82, 2.24) is 0 Å². The van der Waals surface area contributed by atoms with E-state index in [1.54, 1.807) is 0 Å². The Morgan fingerprint density at radius 1 is 1.31 bits per heavy atom. The van der Waals surface area contributed by atoms with Crippen LogP contribution in [-0.2, 0) is 4.79 Å². The van der Waals surface area contributed by atoms with E-state index in [1.807, 2.05) is 24.3 Å². The van der Waals surface area contributed by atoms with E-state index < -0.39 is 0 Å². The van der Waals surface area contributed by atoms with Crippen molar-refractivity contribution in [3.63, 3.8) is 0 Å². The average Bonchev–Trinajstić information content (AvgIpc) is 2.91. The van der Waals surface area contributed by atoms with Gasteiger partial charge in [0.25, 0.3) is 0 Å². The minimum absolute atomic E-state index is 0.294. The van der Waals surface area contributed by atoms with Gasteiger partial charge in [-0.15, -0.1) is 0 Å². The van der Waals surface area contributed by atoms with Crippen LogP contribution in [0.4, 0.5) is 0 Å². The summed E-state index contributed by atoms with van der Waals surface area (Å²) in [6.45, 7) is 0. The summed E-state index contributed by atoms with van der Waals surface area (Å²) in [5.41, 5.74) is 0. The highest BCUT2D eigenvalue weighted by atomic mass is 35.5. The number of rotatable bonds is 2. The molecule has 0 aliphatic heterocycles. The Kier molecular flexibility index (Phi) is 2.61. The topological polar surface area (TPSA) is 17.1 Å². The van der Waals surface area contributed by atoms with Gasteiger partial charge in [0.2, 0.25) is 0 Å². The Morgan fingerprint density at radius 2 is 1.92 bits per heavy atom. The lowest BCUT2D eigenvalue weighted by atomic mass is 10.4. The highest BCUT2D eigenvalue weighted by molar-refractivity contribution is 8.13. The molecule has 1 aliphatic rings. The molecule has 0 aromatic heterocycles. The summed E-state index contributed by atoms with van der Waals surface area (Å²) < 4.78 is 0. The molecule has 1 aromatic rings. The van der Waals surface area contributed by atoms with Crippen LogP contribution in [0.5, 0.6) is 0 Å². The van der Waals surface area contributed by atoms with Gasteiger partial charge in [-0.1, -0.05) is 23.4 Å². The second-order valence-corrected chi connectivity index (χ2v) is 4.66. The molecule has 0 bridgehead atoms. The van der Waals surface area contributed by atoms with E-state index in [9.17, 15) is 4.79 Å². The molecule has 1 saturated carbocycles. The van der Waals surface area contributed by atoms with Gasteiger partial charge in [0.15, 0.2) is 5.12 Å². The second-order valence-electron chi connectivity index (χ2n) is 3.15. The molecule has 1 nitrogen and oxygen atoms in total. The van der Waals surface area contributed by atoms with Crippen molar-refractivity contribution in [2.75, 3.05) is 0 Å². The first kappa shape index (κ1) is 9.10. The minimum Gasteiger partial charge on any atom is -0.287 e. The van der Waals surface area contributed by atoms with E-state index in [1.165, 1.54) is 11.8 Å². The number of carbonyl (C=O) groups is 1. The fraction of sp³-hybridized carbons (Fsp3) is 0.300. The Balaban J connectivity index is 2.00. The molecule has 0 saturated heterocycles. The number of halogens is 1. The van der Waals surface area contributed by atoms with Crippen LogP contribution in [0.1, 0.15) is 12.8 Å². The highest BCUT2D eigenvalue weighted by Gasteiger charge is 2.29. The first-order valence-corrected chi connectivity index (χ1v) is 5.42. The summed E-state index contributed by atoms with van der Waals surface area (Å²) in [5.74, 6) is 0.320. The molecular weight excluding hydrogens is 204 g/mol. The summed E-state index contributed by atoms with van der Waals surface area (Å²) in [4.78, 5) is 12.4. The van der Waals surface area contributed by atoms with Crippen LogP contribution in [-0.4, -0.2) is 5.12 Å². The van der Waals surface area contributed by atoms with E-state index in [0.29, 0.717) is 16.1 Å². The second kappa shape index (κ2) is 3.72. The van der Waals surface area contributed by atoms with Crippen LogP contribution in [0.25, 0.3) is 0 Å². The van der Waals surface area contributed by atoms with E-state index >= 15 is 0 Å². The maximum absolute atomic E-state index is 11.4. The van der Waals surface area contributed by atoms with Gasteiger partial charge >= 0.3 is 0 Å². The van der Waals surface area contributed by atoms with Gasteiger partial charge in [0.1, 0.15) is 0 Å². The molecule has 68 valence electrons. The predicted molar refractivity (Wildman–Crippen MR) is 55.0 cm³/mol. The first-order chi connectivity index (χ1) is 6.25. The molecule has 0 atom stereocenters. The molecule has 0 spiro atoms. The van der Waals surface area contributed by atoms with Crippen molar-refractivity contribution >= 4 is 28.5 Å². The SMILES string of the molecule is O=C(Sc1ccc(Cl)cc1)C1CC1. The van der Waals surface area contributed by atoms with E-state index in [0.717, 1.165) is 17.7 Å². The summed E-state index contributed by atoms with van der Waals surface area (Å²) >= 11 is 7.05. The number of benzene rings is 1. The van der Waals surface area contributed by atoms with Crippen LogP contribution in [0.2, 0.25) is 5.02 Å². The maximum atomic E-state index is 11.4. The fourth-order valence-corrected chi connectivity index (χ4v) is 2.05. The highest BCUT2D eigenvalue weighted by Crippen LogP contribution is 2.36. The Bertz CT molecular complexity index is 316. The number of hydrogen-bond acceptors (Lipinski definition) is 2. The zero-order valence-corrected chi connectivity index (χ0v) is 8.57. The van der Waals surface area contributed by atoms with Crippen molar-refractivity contribution in [1.29, 1.82) is 0 Å². The minimum atomic E-state index is 0.294. The Morgan fingerprint density at radius 3 is 2.46 bits per heavy atom. The molecule has 0 unspecified atom stereocenters. The van der Waals surface area contributed by atoms with E-state index in [2.05, 4.69) is 0 Å². The summed E-state index contributed by atoms with van der Waals surface area (Å²) in [5, 5.41) is 1.01. The number of carbonyl (C=O) groups excluding carboxylic acids is 1. The lowest BCUT2D eigenvalue weighted by Crippen LogP contribution is -1.92. The molecule has 3 heteroatoms. The number of hydrogen-bond donors (Lipinski definition) is 0. The van der Waals surface area contributed by atoms with E-state index in [-0.39, 0.29) is 0 Å². The molecule has 0 radical (unpaired) electrons. The van der Waals surface area contributed by atoms with Crippen molar-refractivity contribution in [3.05, 3.63) is 29.3 Å². The third kappa shape index (κ3) is 2.48. The van der Waals surface area contributed by atoms with Crippen LogP contribution in [0.3, 0.4) is 0 Å². The molecular formula is C10H9ClOS. The monoisotopic (exact) mass is 212 g/mol. The first-order valence-electron chi connectivity index (χ1n) is 4.23. The van der Waals surface area contributed by atoms with Gasteiger partial charge in [0.05, 0.1) is 0 Å². The molecule has 13 heavy (non-hydrogen) atoms. The maximum Gasteiger partial charge on any atom is 0.196 e. The quantitative estimate of drug-likeness (QED) is 0.700. The summed E-state index contributed by atoms with van der Waals surface area (Å²) in [6, 6.07) is 7.38. The van der Waals surface area contributed by atoms with Gasteiger partial charge in [0, 0.05) is 15.8 Å². The van der Waals surface area contributed by atoms with Crippen molar-refractivity contribution in [3.8, 4) is 0 Å². The van der Waals surface area contributed by atoms with Crippen molar-refractivity contribution in [2.24, 2.45) is 5.92 Å². The molecule has 2 rings (SSSR count). The zero-order valence-electron chi connectivity index (χ0n) is 7.00. The smallest absolute Gasteiger partial charge is 0.196 e. The molecule has 1 fully saturated rings. The zero-order chi connectivity index (χ0) is 9.26. The van der Waals surface area contributed by atoms with Gasteiger partial charge in [-0.25, -0.2) is 0 Å². The van der Waals surface area contributed by atoms with Crippen molar-refractivity contribution in [2.45, 2.75) is 17.7 Å². The molecule has 1 aromatic carbocycles. The number of thioether (sulfide) groups is 1. The molecule has 1 aliphatic carbocycles. The lowest BCUT2D eigenvalue weighted by Gasteiger charge is -1.98. The van der Waals surface area contributed by atoms with Crippen LogP contribution in [0, 0.1) is 5.92 Å². The van der Waals surface area contributed by atoms with Gasteiger partial charge in [-0.05, 0) is 37.1 Å². The normalized spacial score (nSPS) is 15.8. The molecule has 0 amide bonds. The predicted octanol–water partition coefficient (Wildman–Crippen LogP) is 3.37. The summed E-state index contributed by atoms with van der Waals surface area (Å²) in [6.07, 6.45) is 2.14. The van der Waals surface area contributed by atoms with Gasteiger partial charge < -0.3 is 0 Å². The standard InChI is InChI=1S/C10H9ClOS/c11-8-3-5-9(6-4-8)13-10(12)7-1-2-7/h3-7H,1-2H2. The Hall–Kier alpha value is -0.470. The molecule has 0 N–H and O–H groups in total. The Labute approximate surface area is 86.5 Å². The fourth-order valence-electron chi connectivity index (χ4n) is 1.02. The molecule has 0 heterocycles. The third-order valence-corrected chi connectivity index (χ3v) is 3.24. The van der Waals surface area contributed by atoms with E-state index in [4.69, 9.17) is 11.6 Å². The van der Waals surface area contributed by atoms with Crippen molar-refractivity contribution < 1.29 is 4.79 Å². The lowest BCUT2D eigenvalue weighted by molar-refractivity contribution is -0.112. The van der Waals surface area contributed by atoms with Crippen LogP contribution >= 0.6 is 23.4 Å². The van der Waals surface area contributed by atoms with Crippen LogP contribution < -0.4 is 0 Å². The van der Waals surface area contributed by atoms with Gasteiger partial charge in [-0.2, -0.15) is 0 Å². The van der Waals surface area contributed by atoms with Gasteiger partial charge in [-0.3, -0.25) is 4.79 Å². The summed E-state index contributed by atoms with van der Waals surface area (Å²) in [7, 11) is 0. The van der Waals surface area contributed by atoms with Crippen LogP contribution in [0.15, 0.2) is 29.2 Å². The largest absolute Gasteiger partial charge is 0.287 e.